The number of aryl methyl sites for hydroxylation is 1. The summed E-state index contributed by atoms with van der Waals surface area (Å²) in [5.74, 6) is 0. The fourth-order valence-electron chi connectivity index (χ4n) is 0.688. The summed E-state index contributed by atoms with van der Waals surface area (Å²) in [6.07, 6.45) is 1.16. The molecule has 56 valence electrons. The lowest BCUT2D eigenvalue weighted by Gasteiger charge is -2.11. The minimum atomic E-state index is -4.91. The molecule has 2 nitrogen and oxygen atoms in total. The van der Waals surface area contributed by atoms with Crippen LogP contribution in [0.5, 0.6) is 0 Å². The maximum Gasteiger partial charge on any atom is 0.527 e. The largest absolute Gasteiger partial charge is 0.527 e. The maximum absolute atomic E-state index is 11.9. The van der Waals surface area contributed by atoms with Crippen LogP contribution in [0, 0.1) is 6.92 Å². The molecule has 0 saturated carbocycles. The lowest BCUT2D eigenvalue weighted by Crippen LogP contribution is -2.36. The van der Waals surface area contributed by atoms with Gasteiger partial charge in [0.1, 0.15) is 0 Å². The summed E-state index contributed by atoms with van der Waals surface area (Å²) >= 11 is 0. The van der Waals surface area contributed by atoms with Gasteiger partial charge in [0.25, 0.3) is 0 Å². The second-order valence-corrected chi connectivity index (χ2v) is 2.04. The third kappa shape index (κ3) is 1.15. The van der Waals surface area contributed by atoms with E-state index >= 15 is 0 Å². The first-order valence-corrected chi connectivity index (χ1v) is 2.71. The number of aromatic amines is 1. The van der Waals surface area contributed by atoms with Crippen LogP contribution < -0.4 is 5.59 Å². The van der Waals surface area contributed by atoms with Crippen molar-refractivity contribution >= 4 is 12.6 Å². The Morgan fingerprint density at radius 3 is 2.30 bits per heavy atom. The van der Waals surface area contributed by atoms with E-state index in [1.807, 2.05) is 5.10 Å². The minimum Gasteiger partial charge on any atom is -0.444 e. The zero-order chi connectivity index (χ0) is 7.78. The normalized spacial score (nSPS) is 12.0. The van der Waals surface area contributed by atoms with E-state index in [0.717, 1.165) is 6.20 Å². The molecule has 0 aliphatic carbocycles. The Morgan fingerprint density at radius 2 is 2.10 bits per heavy atom. The van der Waals surface area contributed by atoms with Crippen molar-refractivity contribution in [3.63, 3.8) is 0 Å². The first-order valence-electron chi connectivity index (χ1n) is 2.71. The van der Waals surface area contributed by atoms with E-state index in [1.165, 1.54) is 6.92 Å². The third-order valence-electron chi connectivity index (χ3n) is 1.20. The van der Waals surface area contributed by atoms with Crippen LogP contribution in [0.4, 0.5) is 12.9 Å². The molecule has 0 unspecified atom stereocenters. The summed E-state index contributed by atoms with van der Waals surface area (Å²) in [6.45, 7) is -3.54. The standard InChI is InChI=1S/C4H5BF3N2/c1-3-2-9-10-4(3)5(6,7)8/h2H,1H3,(H,9,10)/q-1. The van der Waals surface area contributed by atoms with Crippen molar-refractivity contribution in [3.8, 4) is 0 Å². The van der Waals surface area contributed by atoms with Crippen molar-refractivity contribution in [1.82, 2.24) is 10.2 Å². The first-order chi connectivity index (χ1) is 4.52. The highest BCUT2D eigenvalue weighted by Gasteiger charge is 2.28. The van der Waals surface area contributed by atoms with E-state index < -0.39 is 12.6 Å². The highest BCUT2D eigenvalue weighted by Crippen LogP contribution is 2.08. The molecule has 1 N–H and O–H groups in total. The van der Waals surface area contributed by atoms with Gasteiger partial charge in [-0.2, -0.15) is 5.10 Å². The molecule has 0 radical (unpaired) electrons. The molecule has 0 aromatic carbocycles. The van der Waals surface area contributed by atoms with Crippen molar-refractivity contribution in [1.29, 1.82) is 0 Å². The second kappa shape index (κ2) is 2.03. The van der Waals surface area contributed by atoms with Crippen LogP contribution in [0.15, 0.2) is 6.20 Å². The van der Waals surface area contributed by atoms with Crippen LogP contribution in [0.1, 0.15) is 5.56 Å². The highest BCUT2D eigenvalue weighted by atomic mass is 19.4. The van der Waals surface area contributed by atoms with Gasteiger partial charge in [0.05, 0.1) is 0 Å². The number of nitrogens with zero attached hydrogens (tertiary/aromatic N) is 1. The number of hydrogen-bond acceptors (Lipinski definition) is 1. The zero-order valence-corrected chi connectivity index (χ0v) is 5.24. The van der Waals surface area contributed by atoms with E-state index in [-0.39, 0.29) is 5.56 Å². The SMILES string of the molecule is Cc1cn[nH]c1[B-](F)(F)F. The summed E-state index contributed by atoms with van der Waals surface area (Å²) in [5.41, 5.74) is -0.562. The van der Waals surface area contributed by atoms with E-state index in [2.05, 4.69) is 5.10 Å². The van der Waals surface area contributed by atoms with Crippen LogP contribution >= 0.6 is 0 Å². The molecule has 1 aromatic rings. The lowest BCUT2D eigenvalue weighted by molar-refractivity contribution is 0.497. The van der Waals surface area contributed by atoms with Crippen molar-refractivity contribution < 1.29 is 12.9 Å². The fourth-order valence-corrected chi connectivity index (χ4v) is 0.688. The van der Waals surface area contributed by atoms with Crippen LogP contribution in [0.25, 0.3) is 0 Å². The molecular weight excluding hydrogens is 144 g/mol. The number of rotatable bonds is 1. The molecule has 0 spiro atoms. The Kier molecular flexibility index (Phi) is 1.46. The van der Waals surface area contributed by atoms with Gasteiger partial charge in [-0.15, -0.1) is 0 Å². The van der Waals surface area contributed by atoms with Gasteiger partial charge in [-0.25, -0.2) is 0 Å². The molecule has 1 heterocycles. The smallest absolute Gasteiger partial charge is 0.444 e. The van der Waals surface area contributed by atoms with Gasteiger partial charge in [-0.3, -0.25) is 0 Å². The van der Waals surface area contributed by atoms with Gasteiger partial charge in [0.2, 0.25) is 0 Å². The Balaban J connectivity index is 3.05. The lowest BCUT2D eigenvalue weighted by atomic mass is 9.84. The molecule has 0 atom stereocenters. The quantitative estimate of drug-likeness (QED) is 0.587. The number of aromatic nitrogens is 2. The summed E-state index contributed by atoms with van der Waals surface area (Å²) in [6, 6.07) is 0. The van der Waals surface area contributed by atoms with Crippen LogP contribution in [-0.4, -0.2) is 17.2 Å². The molecule has 0 bridgehead atoms. The molecule has 1 rings (SSSR count). The van der Waals surface area contributed by atoms with E-state index in [1.54, 1.807) is 0 Å². The average Bonchev–Trinajstić information content (AvgIpc) is 2.11. The first kappa shape index (κ1) is 7.18. The van der Waals surface area contributed by atoms with E-state index in [0.29, 0.717) is 0 Å². The molecule has 1 aromatic heterocycles. The summed E-state index contributed by atoms with van der Waals surface area (Å²) in [5, 5.41) is 5.16. The topological polar surface area (TPSA) is 28.7 Å². The summed E-state index contributed by atoms with van der Waals surface area (Å²) in [7, 11) is 0. The predicted octanol–water partition coefficient (Wildman–Crippen LogP) is 0.773. The highest BCUT2D eigenvalue weighted by molar-refractivity contribution is 6.73. The van der Waals surface area contributed by atoms with Gasteiger partial charge < -0.3 is 18.0 Å². The second-order valence-electron chi connectivity index (χ2n) is 2.04. The van der Waals surface area contributed by atoms with Crippen molar-refractivity contribution in [3.05, 3.63) is 11.8 Å². The van der Waals surface area contributed by atoms with Gasteiger partial charge in [0, 0.05) is 6.20 Å². The maximum atomic E-state index is 11.9. The summed E-state index contributed by atoms with van der Waals surface area (Å²) < 4.78 is 35.6. The number of nitrogens with one attached hydrogen (secondary N) is 1. The Morgan fingerprint density at radius 1 is 1.50 bits per heavy atom. The minimum absolute atomic E-state index is 0.146. The summed E-state index contributed by atoms with van der Waals surface area (Å²) in [4.78, 5) is 0. The van der Waals surface area contributed by atoms with Crippen molar-refractivity contribution in [2.24, 2.45) is 0 Å². The third-order valence-corrected chi connectivity index (χ3v) is 1.20. The Labute approximate surface area is 55.5 Å². The monoisotopic (exact) mass is 149 g/mol. The fraction of sp³-hybridized carbons (Fsp3) is 0.250. The zero-order valence-electron chi connectivity index (χ0n) is 5.24. The van der Waals surface area contributed by atoms with E-state index in [4.69, 9.17) is 0 Å². The van der Waals surface area contributed by atoms with Gasteiger partial charge in [0.15, 0.2) is 0 Å². The number of halogens is 3. The Bertz CT molecular complexity index is 229. The van der Waals surface area contributed by atoms with Gasteiger partial charge >= 0.3 is 6.98 Å². The molecular formula is C4H5BF3N2-. The van der Waals surface area contributed by atoms with Crippen LogP contribution in [0.2, 0.25) is 0 Å². The molecule has 0 amide bonds. The van der Waals surface area contributed by atoms with Gasteiger partial charge in [-0.1, -0.05) is 0 Å². The van der Waals surface area contributed by atoms with Crippen LogP contribution in [0.3, 0.4) is 0 Å². The van der Waals surface area contributed by atoms with E-state index in [9.17, 15) is 12.9 Å². The molecule has 0 aliphatic heterocycles. The Hall–Kier alpha value is -0.935. The van der Waals surface area contributed by atoms with Crippen molar-refractivity contribution in [2.75, 3.05) is 0 Å². The van der Waals surface area contributed by atoms with Gasteiger partial charge in [-0.05, 0) is 18.1 Å². The molecule has 6 heteroatoms. The molecule has 10 heavy (non-hydrogen) atoms. The predicted molar refractivity (Wildman–Crippen MR) is 32.0 cm³/mol. The van der Waals surface area contributed by atoms with Crippen molar-refractivity contribution in [2.45, 2.75) is 6.92 Å². The average molecular weight is 149 g/mol. The molecule has 0 saturated heterocycles. The van der Waals surface area contributed by atoms with Crippen LogP contribution in [-0.2, 0) is 0 Å². The number of hydrogen-bond donors (Lipinski definition) is 1. The molecule has 0 aliphatic rings. The molecule has 0 fully saturated rings. The number of H-pyrrole nitrogens is 1.